The number of hydrogen-bond acceptors (Lipinski definition) is 4. The normalized spacial score (nSPS) is 17.6. The summed E-state index contributed by atoms with van der Waals surface area (Å²) >= 11 is 0. The van der Waals surface area contributed by atoms with Crippen molar-refractivity contribution >= 4 is 11.7 Å². The number of rotatable bonds is 2. The van der Waals surface area contributed by atoms with Gasteiger partial charge in [-0.05, 0) is 32.1 Å². The molecule has 0 aromatic carbocycles. The molecule has 8 heteroatoms. The number of nitrogens with zero attached hydrogens (tertiary/aromatic N) is 3. The minimum absolute atomic E-state index is 0.0209. The summed E-state index contributed by atoms with van der Waals surface area (Å²) in [5.74, 6) is -0.753. The summed E-state index contributed by atoms with van der Waals surface area (Å²) in [6.07, 6.45) is -3.76. The number of halogens is 3. The molecule has 0 saturated carbocycles. The van der Waals surface area contributed by atoms with E-state index >= 15 is 0 Å². The van der Waals surface area contributed by atoms with E-state index in [1.165, 1.54) is 0 Å². The Morgan fingerprint density at radius 1 is 1.24 bits per heavy atom. The van der Waals surface area contributed by atoms with Crippen LogP contribution < -0.4 is 10.6 Å². The van der Waals surface area contributed by atoms with Gasteiger partial charge >= 0.3 is 6.18 Å². The molecule has 2 N–H and O–H groups in total. The first-order valence-corrected chi connectivity index (χ1v) is 6.60. The molecule has 1 aliphatic heterocycles. The number of anilines is 1. The summed E-state index contributed by atoms with van der Waals surface area (Å²) in [6, 6.07) is 1.88. The van der Waals surface area contributed by atoms with Gasteiger partial charge in [0, 0.05) is 19.6 Å². The third kappa shape index (κ3) is 3.63. The number of hydrogen-bond donors (Lipinski definition) is 1. The van der Waals surface area contributed by atoms with Crippen molar-refractivity contribution in [2.24, 2.45) is 5.73 Å². The molecule has 0 spiro atoms. The quantitative estimate of drug-likeness (QED) is 0.895. The number of nitrogens with two attached hydrogens (primary N) is 1. The Labute approximate surface area is 120 Å². The van der Waals surface area contributed by atoms with Gasteiger partial charge < -0.3 is 15.5 Å². The molecule has 1 amide bonds. The standard InChI is InChI=1S/C13H17F3N4O/c1-19-5-2-6-20(8-7-19)12-9(11(17)21)3-4-10(18-12)13(14,15)16/h3-4H,2,5-8H2,1H3,(H2,17,21). The van der Waals surface area contributed by atoms with E-state index < -0.39 is 17.8 Å². The van der Waals surface area contributed by atoms with Gasteiger partial charge in [-0.1, -0.05) is 0 Å². The van der Waals surface area contributed by atoms with Crippen LogP contribution in [0.4, 0.5) is 19.0 Å². The summed E-state index contributed by atoms with van der Waals surface area (Å²) in [5.41, 5.74) is 4.26. The molecule has 0 atom stereocenters. The first-order valence-electron chi connectivity index (χ1n) is 6.60. The molecule has 2 rings (SSSR count). The number of amides is 1. The third-order valence-corrected chi connectivity index (χ3v) is 3.45. The van der Waals surface area contributed by atoms with E-state index in [1.807, 2.05) is 7.05 Å². The lowest BCUT2D eigenvalue weighted by atomic mass is 10.2. The Bertz CT molecular complexity index is 533. The van der Waals surface area contributed by atoms with Gasteiger partial charge in [0.1, 0.15) is 11.5 Å². The van der Waals surface area contributed by atoms with Crippen LogP contribution in [0.2, 0.25) is 0 Å². The van der Waals surface area contributed by atoms with E-state index in [9.17, 15) is 18.0 Å². The SMILES string of the molecule is CN1CCCN(c2nc(C(F)(F)F)ccc2C(N)=O)CC1. The highest BCUT2D eigenvalue weighted by atomic mass is 19.4. The van der Waals surface area contributed by atoms with Gasteiger partial charge in [0.25, 0.3) is 5.91 Å². The number of carbonyl (C=O) groups excluding carboxylic acids is 1. The number of carbonyl (C=O) groups is 1. The van der Waals surface area contributed by atoms with E-state index in [0.717, 1.165) is 25.1 Å². The molecule has 0 bridgehead atoms. The average Bonchev–Trinajstić information content (AvgIpc) is 2.61. The van der Waals surface area contributed by atoms with Crippen molar-refractivity contribution in [1.82, 2.24) is 9.88 Å². The Kier molecular flexibility index (Phi) is 4.36. The lowest BCUT2D eigenvalue weighted by Gasteiger charge is -2.24. The van der Waals surface area contributed by atoms with Crippen LogP contribution in [-0.2, 0) is 6.18 Å². The van der Waals surface area contributed by atoms with Crippen LogP contribution in [0.5, 0.6) is 0 Å². The predicted octanol–water partition coefficient (Wildman–Crippen LogP) is 1.34. The molecule has 1 aliphatic rings. The molecule has 116 valence electrons. The molecule has 0 aliphatic carbocycles. The zero-order valence-electron chi connectivity index (χ0n) is 11.7. The minimum Gasteiger partial charge on any atom is -0.365 e. The van der Waals surface area contributed by atoms with Crippen molar-refractivity contribution in [3.63, 3.8) is 0 Å². The van der Waals surface area contributed by atoms with Crippen molar-refractivity contribution in [2.45, 2.75) is 12.6 Å². The Morgan fingerprint density at radius 2 is 1.95 bits per heavy atom. The summed E-state index contributed by atoms with van der Waals surface area (Å²) < 4.78 is 38.4. The van der Waals surface area contributed by atoms with Crippen LogP contribution in [0.3, 0.4) is 0 Å². The lowest BCUT2D eigenvalue weighted by Crippen LogP contribution is -2.32. The molecule has 2 heterocycles. The first-order chi connectivity index (χ1) is 9.79. The average molecular weight is 302 g/mol. The van der Waals surface area contributed by atoms with Crippen LogP contribution in [0.25, 0.3) is 0 Å². The highest BCUT2D eigenvalue weighted by molar-refractivity contribution is 5.97. The van der Waals surface area contributed by atoms with Gasteiger partial charge in [-0.3, -0.25) is 4.79 Å². The monoisotopic (exact) mass is 302 g/mol. The van der Waals surface area contributed by atoms with Gasteiger partial charge in [-0.25, -0.2) is 4.98 Å². The predicted molar refractivity (Wildman–Crippen MR) is 72.1 cm³/mol. The van der Waals surface area contributed by atoms with Crippen molar-refractivity contribution in [3.05, 3.63) is 23.4 Å². The van der Waals surface area contributed by atoms with Gasteiger partial charge in [0.15, 0.2) is 0 Å². The van der Waals surface area contributed by atoms with Crippen molar-refractivity contribution in [1.29, 1.82) is 0 Å². The summed E-state index contributed by atoms with van der Waals surface area (Å²) in [6.45, 7) is 2.58. The van der Waals surface area contributed by atoms with Gasteiger partial charge in [-0.15, -0.1) is 0 Å². The van der Waals surface area contributed by atoms with Crippen molar-refractivity contribution < 1.29 is 18.0 Å². The number of likely N-dealkylation sites (N-methyl/N-ethyl adjacent to an activating group) is 1. The fourth-order valence-corrected chi connectivity index (χ4v) is 2.30. The molecule has 1 fully saturated rings. The van der Waals surface area contributed by atoms with E-state index in [2.05, 4.69) is 9.88 Å². The van der Waals surface area contributed by atoms with Crippen LogP contribution in [0.1, 0.15) is 22.5 Å². The third-order valence-electron chi connectivity index (χ3n) is 3.45. The maximum absolute atomic E-state index is 12.8. The smallest absolute Gasteiger partial charge is 0.365 e. The second-order valence-electron chi connectivity index (χ2n) is 5.07. The van der Waals surface area contributed by atoms with Crippen LogP contribution in [0.15, 0.2) is 12.1 Å². The molecule has 0 unspecified atom stereocenters. The van der Waals surface area contributed by atoms with Crippen LogP contribution in [0, 0.1) is 0 Å². The van der Waals surface area contributed by atoms with E-state index in [4.69, 9.17) is 5.73 Å². The number of aromatic nitrogens is 1. The van der Waals surface area contributed by atoms with E-state index in [0.29, 0.717) is 19.6 Å². The zero-order valence-corrected chi connectivity index (χ0v) is 11.7. The first kappa shape index (κ1) is 15.6. The molecule has 21 heavy (non-hydrogen) atoms. The maximum Gasteiger partial charge on any atom is 0.433 e. The van der Waals surface area contributed by atoms with E-state index in [-0.39, 0.29) is 11.4 Å². The fourth-order valence-electron chi connectivity index (χ4n) is 2.30. The summed E-state index contributed by atoms with van der Waals surface area (Å²) in [7, 11) is 1.94. The van der Waals surface area contributed by atoms with Crippen LogP contribution in [-0.4, -0.2) is 49.0 Å². The topological polar surface area (TPSA) is 62.5 Å². The number of alkyl halides is 3. The molecule has 1 aromatic heterocycles. The second kappa shape index (κ2) is 5.88. The molecule has 5 nitrogen and oxygen atoms in total. The largest absolute Gasteiger partial charge is 0.433 e. The maximum atomic E-state index is 12.8. The lowest BCUT2D eigenvalue weighted by molar-refractivity contribution is -0.141. The number of primary amides is 1. The van der Waals surface area contributed by atoms with Gasteiger partial charge in [0.2, 0.25) is 0 Å². The minimum atomic E-state index is -4.55. The Hall–Kier alpha value is -1.83. The summed E-state index contributed by atoms with van der Waals surface area (Å²) in [5, 5.41) is 0. The number of pyridine rings is 1. The van der Waals surface area contributed by atoms with Gasteiger partial charge in [-0.2, -0.15) is 13.2 Å². The second-order valence-corrected chi connectivity index (χ2v) is 5.07. The molecule has 1 aromatic rings. The van der Waals surface area contributed by atoms with Crippen LogP contribution >= 0.6 is 0 Å². The van der Waals surface area contributed by atoms with Crippen molar-refractivity contribution in [3.8, 4) is 0 Å². The molecule has 0 radical (unpaired) electrons. The van der Waals surface area contributed by atoms with E-state index in [1.54, 1.807) is 4.90 Å². The van der Waals surface area contributed by atoms with Crippen molar-refractivity contribution in [2.75, 3.05) is 38.1 Å². The van der Waals surface area contributed by atoms with Gasteiger partial charge in [0.05, 0.1) is 5.56 Å². The molecular weight excluding hydrogens is 285 g/mol. The zero-order chi connectivity index (χ0) is 15.6. The highest BCUT2D eigenvalue weighted by Gasteiger charge is 2.34. The Morgan fingerprint density at radius 3 is 2.57 bits per heavy atom. The molecular formula is C13H17F3N4O. The summed E-state index contributed by atoms with van der Waals surface area (Å²) in [4.78, 5) is 18.9. The molecule has 1 saturated heterocycles. The fraction of sp³-hybridized carbons (Fsp3) is 0.538. The highest BCUT2D eigenvalue weighted by Crippen LogP contribution is 2.30. The Balaban J connectivity index is 2.40.